The summed E-state index contributed by atoms with van der Waals surface area (Å²) in [5.74, 6) is -0.140. The van der Waals surface area contributed by atoms with Gasteiger partial charge in [-0.05, 0) is 36.0 Å². The molecule has 0 amide bonds. The predicted molar refractivity (Wildman–Crippen MR) is 81.9 cm³/mol. The minimum absolute atomic E-state index is 0.108. The summed E-state index contributed by atoms with van der Waals surface area (Å²) in [7, 11) is -3.44. The molecule has 0 aliphatic heterocycles. The second-order valence-corrected chi connectivity index (χ2v) is 7.69. The van der Waals surface area contributed by atoms with Crippen LogP contribution in [0.25, 0.3) is 0 Å². The Kier molecular flexibility index (Phi) is 6.34. The van der Waals surface area contributed by atoms with Crippen molar-refractivity contribution in [2.45, 2.75) is 32.4 Å². The Morgan fingerprint density at radius 2 is 2.10 bits per heavy atom. The smallest absolute Gasteiger partial charge is 0.215 e. The van der Waals surface area contributed by atoms with Crippen molar-refractivity contribution in [2.75, 3.05) is 13.2 Å². The van der Waals surface area contributed by atoms with Crippen molar-refractivity contribution in [2.24, 2.45) is 5.41 Å². The van der Waals surface area contributed by atoms with E-state index in [1.807, 2.05) is 19.9 Å². The van der Waals surface area contributed by atoms with E-state index in [2.05, 4.69) is 4.72 Å². The van der Waals surface area contributed by atoms with Gasteiger partial charge in [0.15, 0.2) is 0 Å². The number of aliphatic hydroxyl groups excluding tert-OH is 1. The molecule has 0 aliphatic rings. The lowest BCUT2D eigenvalue weighted by molar-refractivity contribution is 0.242. The van der Waals surface area contributed by atoms with Gasteiger partial charge in [0, 0.05) is 13.2 Å². The molecule has 0 unspecified atom stereocenters. The maximum Gasteiger partial charge on any atom is 0.215 e. The molecule has 0 aliphatic carbocycles. The highest BCUT2D eigenvalue weighted by molar-refractivity contribution is 7.88. The van der Waals surface area contributed by atoms with E-state index in [4.69, 9.17) is 10.4 Å². The van der Waals surface area contributed by atoms with E-state index in [-0.39, 0.29) is 17.8 Å². The Labute approximate surface area is 126 Å². The number of hydrogen-bond donors (Lipinski definition) is 2. The molecule has 0 saturated heterocycles. The number of aliphatic hydroxyl groups is 1. The zero-order valence-electron chi connectivity index (χ0n) is 12.5. The number of sulfonamides is 1. The number of rotatable bonds is 8. The first kappa shape index (κ1) is 17.6. The molecule has 0 saturated carbocycles. The van der Waals surface area contributed by atoms with Gasteiger partial charge >= 0.3 is 0 Å². The lowest BCUT2D eigenvalue weighted by Gasteiger charge is -2.24. The average molecular weight is 310 g/mol. The monoisotopic (exact) mass is 310 g/mol. The fourth-order valence-corrected chi connectivity index (χ4v) is 3.28. The van der Waals surface area contributed by atoms with E-state index in [9.17, 15) is 8.42 Å². The van der Waals surface area contributed by atoms with E-state index in [1.165, 1.54) is 0 Å². The van der Waals surface area contributed by atoms with Crippen LogP contribution in [0, 0.1) is 16.7 Å². The Morgan fingerprint density at radius 3 is 2.71 bits per heavy atom. The summed E-state index contributed by atoms with van der Waals surface area (Å²) in [5.41, 5.74) is 0.838. The molecule has 1 aromatic rings. The van der Waals surface area contributed by atoms with Gasteiger partial charge in [-0.3, -0.25) is 0 Å². The Bertz CT molecular complexity index is 604. The first-order chi connectivity index (χ1) is 9.78. The van der Waals surface area contributed by atoms with E-state index in [0.29, 0.717) is 24.1 Å². The van der Waals surface area contributed by atoms with E-state index >= 15 is 0 Å². The Morgan fingerprint density at radius 1 is 1.38 bits per heavy atom. The molecule has 2 N–H and O–H groups in total. The summed E-state index contributed by atoms with van der Waals surface area (Å²) < 4.78 is 26.8. The minimum Gasteiger partial charge on any atom is -0.396 e. The molecule has 0 heterocycles. The third kappa shape index (κ3) is 6.71. The van der Waals surface area contributed by atoms with Crippen LogP contribution >= 0.6 is 0 Å². The van der Waals surface area contributed by atoms with Crippen molar-refractivity contribution in [1.82, 2.24) is 4.72 Å². The van der Waals surface area contributed by atoms with E-state index in [0.717, 1.165) is 6.42 Å². The number of benzene rings is 1. The van der Waals surface area contributed by atoms with Crippen LogP contribution in [0.15, 0.2) is 24.3 Å². The quantitative estimate of drug-likeness (QED) is 0.765. The predicted octanol–water partition coefficient (Wildman–Crippen LogP) is 1.78. The maximum absolute atomic E-state index is 12.1. The Balaban J connectivity index is 2.63. The van der Waals surface area contributed by atoms with Crippen molar-refractivity contribution < 1.29 is 13.5 Å². The molecular weight excluding hydrogens is 288 g/mol. The minimum atomic E-state index is -3.44. The SMILES string of the molecule is CC(C)(CCCO)CNS(=O)(=O)Cc1cccc(C#N)c1. The second-order valence-electron chi connectivity index (χ2n) is 5.88. The molecule has 21 heavy (non-hydrogen) atoms. The summed E-state index contributed by atoms with van der Waals surface area (Å²) >= 11 is 0. The summed E-state index contributed by atoms with van der Waals surface area (Å²) in [6, 6.07) is 8.58. The van der Waals surface area contributed by atoms with Crippen LogP contribution in [-0.2, 0) is 15.8 Å². The van der Waals surface area contributed by atoms with Gasteiger partial charge in [0.2, 0.25) is 10.0 Å². The molecule has 116 valence electrons. The average Bonchev–Trinajstić information content (AvgIpc) is 2.43. The summed E-state index contributed by atoms with van der Waals surface area (Å²) in [6.45, 7) is 4.35. The van der Waals surface area contributed by atoms with Gasteiger partial charge in [0.05, 0.1) is 17.4 Å². The molecule has 0 spiro atoms. The first-order valence-electron chi connectivity index (χ1n) is 6.85. The van der Waals surface area contributed by atoms with E-state index in [1.54, 1.807) is 24.3 Å². The standard InChI is InChI=1S/C15H22N2O3S/c1-15(2,7-4-8-18)12-17-21(19,20)11-14-6-3-5-13(9-14)10-16/h3,5-6,9,17-18H,4,7-8,11-12H2,1-2H3. The lowest BCUT2D eigenvalue weighted by Crippen LogP contribution is -2.34. The van der Waals surface area contributed by atoms with Crippen molar-refractivity contribution in [1.29, 1.82) is 5.26 Å². The number of hydrogen-bond acceptors (Lipinski definition) is 4. The molecule has 0 fully saturated rings. The topological polar surface area (TPSA) is 90.2 Å². The zero-order chi connectivity index (χ0) is 15.9. The molecule has 0 bridgehead atoms. The van der Waals surface area contributed by atoms with Crippen LogP contribution in [0.3, 0.4) is 0 Å². The molecule has 0 aromatic heterocycles. The van der Waals surface area contributed by atoms with Crippen LogP contribution in [0.2, 0.25) is 0 Å². The van der Waals surface area contributed by atoms with Crippen molar-refractivity contribution in [3.63, 3.8) is 0 Å². The zero-order valence-corrected chi connectivity index (χ0v) is 13.3. The van der Waals surface area contributed by atoms with Crippen molar-refractivity contribution >= 4 is 10.0 Å². The van der Waals surface area contributed by atoms with Crippen molar-refractivity contribution in [3.8, 4) is 6.07 Å². The summed E-state index contributed by atoms with van der Waals surface area (Å²) in [4.78, 5) is 0. The van der Waals surface area contributed by atoms with Crippen LogP contribution in [0.4, 0.5) is 0 Å². The van der Waals surface area contributed by atoms with Gasteiger partial charge < -0.3 is 5.11 Å². The molecule has 0 radical (unpaired) electrons. The molecule has 0 atom stereocenters. The van der Waals surface area contributed by atoms with E-state index < -0.39 is 10.0 Å². The van der Waals surface area contributed by atoms with Crippen molar-refractivity contribution in [3.05, 3.63) is 35.4 Å². The first-order valence-corrected chi connectivity index (χ1v) is 8.50. The van der Waals surface area contributed by atoms with Gasteiger partial charge in [-0.1, -0.05) is 26.0 Å². The molecular formula is C15H22N2O3S. The van der Waals surface area contributed by atoms with Crippen LogP contribution in [-0.4, -0.2) is 26.7 Å². The third-order valence-corrected chi connectivity index (χ3v) is 4.49. The summed E-state index contributed by atoms with van der Waals surface area (Å²) in [6.07, 6.45) is 1.40. The van der Waals surface area contributed by atoms with Gasteiger partial charge in [-0.2, -0.15) is 5.26 Å². The Hall–Kier alpha value is -1.42. The van der Waals surface area contributed by atoms with Gasteiger partial charge in [0.25, 0.3) is 0 Å². The van der Waals surface area contributed by atoms with Gasteiger partial charge in [-0.15, -0.1) is 0 Å². The largest absolute Gasteiger partial charge is 0.396 e. The highest BCUT2D eigenvalue weighted by Gasteiger charge is 2.21. The number of nitrogens with one attached hydrogen (secondary N) is 1. The molecule has 6 heteroatoms. The highest BCUT2D eigenvalue weighted by Crippen LogP contribution is 2.21. The molecule has 5 nitrogen and oxygen atoms in total. The number of nitriles is 1. The number of nitrogens with zero attached hydrogens (tertiary/aromatic N) is 1. The fraction of sp³-hybridized carbons (Fsp3) is 0.533. The second kappa shape index (κ2) is 7.55. The van der Waals surface area contributed by atoms with Gasteiger partial charge in [0.1, 0.15) is 0 Å². The van der Waals surface area contributed by atoms with Crippen LogP contribution < -0.4 is 4.72 Å². The maximum atomic E-state index is 12.1. The van der Waals surface area contributed by atoms with Crippen LogP contribution in [0.5, 0.6) is 0 Å². The third-order valence-electron chi connectivity index (χ3n) is 3.20. The normalized spacial score (nSPS) is 12.1. The van der Waals surface area contributed by atoms with Gasteiger partial charge in [-0.25, -0.2) is 13.1 Å². The van der Waals surface area contributed by atoms with Crippen LogP contribution in [0.1, 0.15) is 37.8 Å². The fourth-order valence-electron chi connectivity index (χ4n) is 1.95. The molecule has 1 aromatic carbocycles. The lowest BCUT2D eigenvalue weighted by atomic mass is 9.88. The highest BCUT2D eigenvalue weighted by atomic mass is 32.2. The molecule has 1 rings (SSSR count). The summed E-state index contributed by atoms with van der Waals surface area (Å²) in [5, 5.41) is 17.7.